The molecule has 0 amide bonds. The number of hydrogen-bond donors (Lipinski definition) is 1. The molecule has 0 aliphatic carbocycles. The number of halogens is 4. The fourth-order valence-electron chi connectivity index (χ4n) is 2.20. The van der Waals surface area contributed by atoms with Gasteiger partial charge in [0, 0.05) is 5.02 Å². The Balaban J connectivity index is 1.95. The smallest absolute Gasteiger partial charge is 0.265 e. The Labute approximate surface area is 170 Å². The predicted molar refractivity (Wildman–Crippen MR) is 105 cm³/mol. The van der Waals surface area contributed by atoms with E-state index in [4.69, 9.17) is 39.5 Å². The van der Waals surface area contributed by atoms with E-state index in [1.807, 2.05) is 0 Å². The maximum absolute atomic E-state index is 13.3. The van der Waals surface area contributed by atoms with Crippen LogP contribution in [-0.4, -0.2) is 8.42 Å². The quantitative estimate of drug-likeness (QED) is 0.495. The maximum atomic E-state index is 13.3. The molecule has 0 aromatic heterocycles. The van der Waals surface area contributed by atoms with Gasteiger partial charge in [0.2, 0.25) is 0 Å². The normalized spacial score (nSPS) is 11.3. The largest absolute Gasteiger partial charge is 0.454 e. The first-order valence-electron chi connectivity index (χ1n) is 7.46. The van der Waals surface area contributed by atoms with Crippen molar-refractivity contribution in [2.75, 3.05) is 4.72 Å². The van der Waals surface area contributed by atoms with Crippen molar-refractivity contribution in [2.24, 2.45) is 0 Å². The van der Waals surface area contributed by atoms with Crippen molar-refractivity contribution in [1.29, 1.82) is 0 Å². The van der Waals surface area contributed by atoms with E-state index >= 15 is 0 Å². The third-order valence-electron chi connectivity index (χ3n) is 3.42. The van der Waals surface area contributed by atoms with Gasteiger partial charge in [0.15, 0.2) is 0 Å². The van der Waals surface area contributed by atoms with Gasteiger partial charge in [0.25, 0.3) is 10.0 Å². The Bertz CT molecular complexity index is 1110. The van der Waals surface area contributed by atoms with Gasteiger partial charge in [-0.1, -0.05) is 46.9 Å². The second-order valence-corrected chi connectivity index (χ2v) is 8.26. The molecule has 27 heavy (non-hydrogen) atoms. The summed E-state index contributed by atoms with van der Waals surface area (Å²) < 4.78 is 46.8. The van der Waals surface area contributed by atoms with Gasteiger partial charge in [-0.15, -0.1) is 0 Å². The topological polar surface area (TPSA) is 55.4 Å². The van der Waals surface area contributed by atoms with Gasteiger partial charge in [-0.25, -0.2) is 12.8 Å². The van der Waals surface area contributed by atoms with Gasteiger partial charge in [-0.2, -0.15) is 0 Å². The van der Waals surface area contributed by atoms with Gasteiger partial charge in [-0.05, 0) is 48.5 Å². The van der Waals surface area contributed by atoms with Crippen molar-refractivity contribution in [2.45, 2.75) is 4.90 Å². The maximum Gasteiger partial charge on any atom is 0.265 e. The fourth-order valence-corrected chi connectivity index (χ4v) is 4.01. The van der Waals surface area contributed by atoms with E-state index in [1.165, 1.54) is 36.4 Å². The van der Waals surface area contributed by atoms with E-state index in [1.54, 1.807) is 18.2 Å². The van der Waals surface area contributed by atoms with Crippen LogP contribution in [0, 0.1) is 5.82 Å². The van der Waals surface area contributed by atoms with E-state index in [0.717, 1.165) is 6.07 Å². The number of ether oxygens (including phenoxy) is 1. The highest BCUT2D eigenvalue weighted by Gasteiger charge is 2.21. The van der Waals surface area contributed by atoms with E-state index in [-0.39, 0.29) is 32.1 Å². The molecule has 3 rings (SSSR count). The number of hydrogen-bond acceptors (Lipinski definition) is 3. The Kier molecular flexibility index (Phi) is 5.81. The van der Waals surface area contributed by atoms with Crippen molar-refractivity contribution in [3.05, 3.63) is 81.5 Å². The Morgan fingerprint density at radius 3 is 2.30 bits per heavy atom. The zero-order valence-corrected chi connectivity index (χ0v) is 16.5. The summed E-state index contributed by atoms with van der Waals surface area (Å²) in [6, 6.07) is 14.1. The lowest BCUT2D eigenvalue weighted by Crippen LogP contribution is -2.14. The van der Waals surface area contributed by atoms with E-state index in [2.05, 4.69) is 4.72 Å². The molecule has 0 heterocycles. The lowest BCUT2D eigenvalue weighted by molar-refractivity contribution is 0.468. The van der Waals surface area contributed by atoms with Gasteiger partial charge in [-0.3, -0.25) is 4.72 Å². The molecule has 0 radical (unpaired) electrons. The summed E-state index contributed by atoms with van der Waals surface area (Å²) in [5.74, 6) is -0.350. The average molecular weight is 447 g/mol. The molecular formula is C18H11Cl3FNO3S. The van der Waals surface area contributed by atoms with Crippen LogP contribution >= 0.6 is 34.8 Å². The van der Waals surface area contributed by atoms with Gasteiger partial charge in [0.05, 0.1) is 15.7 Å². The molecule has 3 aromatic carbocycles. The molecule has 3 aromatic rings. The van der Waals surface area contributed by atoms with Crippen LogP contribution in [-0.2, 0) is 10.0 Å². The second kappa shape index (κ2) is 7.94. The Hall–Kier alpha value is -1.99. The number of anilines is 1. The summed E-state index contributed by atoms with van der Waals surface area (Å²) in [5, 5.41) is 0.448. The van der Waals surface area contributed by atoms with E-state index in [0.29, 0.717) is 5.02 Å². The summed E-state index contributed by atoms with van der Waals surface area (Å²) in [7, 11) is -4.04. The molecule has 0 aliphatic rings. The average Bonchev–Trinajstić information content (AvgIpc) is 2.61. The molecule has 0 saturated heterocycles. The molecule has 0 aliphatic heterocycles. The standard InChI is InChI=1S/C18H11Cl3FNO3S/c19-11-5-8-16(14(21)9-11)26-17-3-1-2-4-18(17)27(24,25)23-12-6-7-15(22)13(20)10-12/h1-10,23H. The number of nitrogens with one attached hydrogen (secondary N) is 1. The highest BCUT2D eigenvalue weighted by molar-refractivity contribution is 7.92. The molecule has 9 heteroatoms. The molecule has 140 valence electrons. The molecule has 0 spiro atoms. The van der Waals surface area contributed by atoms with Crippen LogP contribution in [0.3, 0.4) is 0 Å². The third-order valence-corrected chi connectivity index (χ3v) is 5.67. The van der Waals surface area contributed by atoms with Crippen molar-refractivity contribution in [3.63, 3.8) is 0 Å². The fraction of sp³-hybridized carbons (Fsp3) is 0. The first-order valence-corrected chi connectivity index (χ1v) is 10.1. The molecule has 0 saturated carbocycles. The lowest BCUT2D eigenvalue weighted by Gasteiger charge is -2.14. The van der Waals surface area contributed by atoms with Gasteiger partial charge < -0.3 is 4.74 Å². The molecule has 1 N–H and O–H groups in total. The van der Waals surface area contributed by atoms with Crippen LogP contribution in [0.5, 0.6) is 11.5 Å². The minimum atomic E-state index is -4.04. The van der Waals surface area contributed by atoms with Crippen LogP contribution in [0.25, 0.3) is 0 Å². The van der Waals surface area contributed by atoms with Crippen molar-refractivity contribution in [1.82, 2.24) is 0 Å². The first kappa shape index (κ1) is 19.8. The van der Waals surface area contributed by atoms with Gasteiger partial charge in [0.1, 0.15) is 22.2 Å². The Morgan fingerprint density at radius 1 is 0.852 bits per heavy atom. The second-order valence-electron chi connectivity index (χ2n) is 5.36. The van der Waals surface area contributed by atoms with Crippen LogP contribution in [0.15, 0.2) is 65.6 Å². The summed E-state index contributed by atoms with van der Waals surface area (Å²) in [6.45, 7) is 0. The number of para-hydroxylation sites is 1. The summed E-state index contributed by atoms with van der Waals surface area (Å²) in [5.41, 5.74) is 0.112. The zero-order chi connectivity index (χ0) is 19.6. The highest BCUT2D eigenvalue weighted by Crippen LogP contribution is 2.35. The van der Waals surface area contributed by atoms with Crippen LogP contribution in [0.2, 0.25) is 15.1 Å². The molecule has 0 fully saturated rings. The predicted octanol–water partition coefficient (Wildman–Crippen LogP) is 6.38. The SMILES string of the molecule is O=S(=O)(Nc1ccc(F)c(Cl)c1)c1ccccc1Oc1ccc(Cl)cc1Cl. The lowest BCUT2D eigenvalue weighted by atomic mass is 10.3. The number of sulfonamides is 1. The van der Waals surface area contributed by atoms with Gasteiger partial charge >= 0.3 is 0 Å². The summed E-state index contributed by atoms with van der Waals surface area (Å²) >= 11 is 17.6. The molecule has 4 nitrogen and oxygen atoms in total. The van der Waals surface area contributed by atoms with E-state index < -0.39 is 15.8 Å². The first-order chi connectivity index (χ1) is 12.8. The third kappa shape index (κ3) is 4.65. The van der Waals surface area contributed by atoms with Crippen LogP contribution < -0.4 is 9.46 Å². The van der Waals surface area contributed by atoms with Crippen molar-refractivity contribution >= 4 is 50.5 Å². The molecular weight excluding hydrogens is 436 g/mol. The van der Waals surface area contributed by atoms with Crippen molar-refractivity contribution < 1.29 is 17.5 Å². The zero-order valence-electron chi connectivity index (χ0n) is 13.4. The van der Waals surface area contributed by atoms with Crippen LogP contribution in [0.1, 0.15) is 0 Å². The number of benzene rings is 3. The minimum absolute atomic E-state index is 0.0578. The summed E-state index contributed by atoms with van der Waals surface area (Å²) in [6.07, 6.45) is 0. The van der Waals surface area contributed by atoms with Crippen LogP contribution in [0.4, 0.5) is 10.1 Å². The molecule has 0 unspecified atom stereocenters. The van der Waals surface area contributed by atoms with Crippen molar-refractivity contribution in [3.8, 4) is 11.5 Å². The minimum Gasteiger partial charge on any atom is -0.454 e. The number of rotatable bonds is 5. The highest BCUT2D eigenvalue weighted by atomic mass is 35.5. The summed E-state index contributed by atoms with van der Waals surface area (Å²) in [4.78, 5) is -0.128. The molecule has 0 bridgehead atoms. The molecule has 0 atom stereocenters. The monoisotopic (exact) mass is 445 g/mol. The van der Waals surface area contributed by atoms with E-state index in [9.17, 15) is 12.8 Å². The Morgan fingerprint density at radius 2 is 1.59 bits per heavy atom.